The number of carbonyl (C=O) groups excluding carboxylic acids is 1. The first-order valence-corrected chi connectivity index (χ1v) is 6.64. The summed E-state index contributed by atoms with van der Waals surface area (Å²) < 4.78 is 0. The van der Waals surface area contributed by atoms with E-state index in [1.807, 2.05) is 0 Å². The fourth-order valence-corrected chi connectivity index (χ4v) is 3.06. The Balaban J connectivity index is 2.26. The summed E-state index contributed by atoms with van der Waals surface area (Å²) in [6.45, 7) is 0. The standard InChI is InChI=1S/C14H14N4O3/c1-17-12(19)5-4-10-3-2-6-14(13(10)17,18(20)21)11-7-15-9-16-8-11/h2,6-9H,3-5H2,1H3. The summed E-state index contributed by atoms with van der Waals surface area (Å²) in [4.78, 5) is 32.7. The minimum absolute atomic E-state index is 0.105. The van der Waals surface area contributed by atoms with Crippen LogP contribution in [-0.4, -0.2) is 32.7 Å². The third-order valence-corrected chi connectivity index (χ3v) is 4.06. The zero-order valence-electron chi connectivity index (χ0n) is 11.5. The smallest absolute Gasteiger partial charge is 0.307 e. The van der Waals surface area contributed by atoms with Crippen LogP contribution in [0.1, 0.15) is 24.8 Å². The molecule has 1 aromatic rings. The van der Waals surface area contributed by atoms with Gasteiger partial charge in [0.1, 0.15) is 12.0 Å². The highest BCUT2D eigenvalue weighted by Gasteiger charge is 2.53. The Labute approximate surface area is 121 Å². The van der Waals surface area contributed by atoms with Crippen molar-refractivity contribution in [1.82, 2.24) is 14.9 Å². The highest BCUT2D eigenvalue weighted by Crippen LogP contribution is 2.44. The van der Waals surface area contributed by atoms with Crippen molar-refractivity contribution in [2.24, 2.45) is 0 Å². The van der Waals surface area contributed by atoms with Crippen molar-refractivity contribution in [1.29, 1.82) is 0 Å². The van der Waals surface area contributed by atoms with Crippen LogP contribution in [0, 0.1) is 10.1 Å². The van der Waals surface area contributed by atoms with Gasteiger partial charge in [0.05, 0.1) is 5.56 Å². The molecule has 1 atom stereocenters. The molecule has 0 N–H and O–H groups in total. The molecule has 1 aliphatic carbocycles. The van der Waals surface area contributed by atoms with Gasteiger partial charge in [-0.15, -0.1) is 0 Å². The van der Waals surface area contributed by atoms with E-state index in [-0.39, 0.29) is 10.8 Å². The van der Waals surface area contributed by atoms with Crippen LogP contribution in [0.15, 0.2) is 42.1 Å². The lowest BCUT2D eigenvalue weighted by Crippen LogP contribution is -2.47. The van der Waals surface area contributed by atoms with E-state index in [0.717, 1.165) is 5.57 Å². The molecule has 21 heavy (non-hydrogen) atoms. The quantitative estimate of drug-likeness (QED) is 0.466. The zero-order chi connectivity index (χ0) is 15.0. The lowest BCUT2D eigenvalue weighted by Gasteiger charge is -2.37. The molecule has 2 heterocycles. The summed E-state index contributed by atoms with van der Waals surface area (Å²) in [6, 6.07) is 0. The van der Waals surface area contributed by atoms with Crippen LogP contribution in [0.5, 0.6) is 0 Å². The van der Waals surface area contributed by atoms with Gasteiger partial charge in [-0.1, -0.05) is 6.08 Å². The maximum atomic E-state index is 12.0. The van der Waals surface area contributed by atoms with Crippen molar-refractivity contribution in [2.45, 2.75) is 24.8 Å². The predicted molar refractivity (Wildman–Crippen MR) is 73.5 cm³/mol. The van der Waals surface area contributed by atoms with E-state index in [1.54, 1.807) is 19.2 Å². The van der Waals surface area contributed by atoms with Gasteiger partial charge in [-0.3, -0.25) is 14.9 Å². The van der Waals surface area contributed by atoms with E-state index >= 15 is 0 Å². The van der Waals surface area contributed by atoms with Crippen LogP contribution in [0.4, 0.5) is 0 Å². The van der Waals surface area contributed by atoms with Crippen LogP contribution < -0.4 is 0 Å². The number of aromatic nitrogens is 2. The van der Waals surface area contributed by atoms with Crippen molar-refractivity contribution < 1.29 is 9.72 Å². The van der Waals surface area contributed by atoms with Crippen LogP contribution in [-0.2, 0) is 10.3 Å². The normalized spacial score (nSPS) is 25.0. The Hall–Kier alpha value is -2.57. The molecule has 1 amide bonds. The molecular formula is C14H14N4O3. The lowest BCUT2D eigenvalue weighted by atomic mass is 9.78. The van der Waals surface area contributed by atoms with Crippen molar-refractivity contribution >= 4 is 5.91 Å². The second-order valence-corrected chi connectivity index (χ2v) is 5.16. The summed E-state index contributed by atoms with van der Waals surface area (Å²) >= 11 is 0. The van der Waals surface area contributed by atoms with Gasteiger partial charge in [-0.05, 0) is 24.5 Å². The zero-order valence-corrected chi connectivity index (χ0v) is 11.5. The second-order valence-electron chi connectivity index (χ2n) is 5.16. The number of nitro groups is 1. The van der Waals surface area contributed by atoms with Crippen LogP contribution in [0.25, 0.3) is 0 Å². The highest BCUT2D eigenvalue weighted by atomic mass is 16.6. The maximum Gasteiger partial charge on any atom is 0.307 e. The van der Waals surface area contributed by atoms with Crippen molar-refractivity contribution in [2.75, 3.05) is 7.05 Å². The molecule has 0 spiro atoms. The average Bonchev–Trinajstić information content (AvgIpc) is 2.51. The molecular weight excluding hydrogens is 272 g/mol. The van der Waals surface area contributed by atoms with Gasteiger partial charge in [0.15, 0.2) is 0 Å². The molecule has 2 aliphatic rings. The van der Waals surface area contributed by atoms with Gasteiger partial charge < -0.3 is 4.90 Å². The van der Waals surface area contributed by atoms with Crippen LogP contribution >= 0.6 is 0 Å². The molecule has 1 unspecified atom stereocenters. The molecule has 1 aromatic heterocycles. The molecule has 0 radical (unpaired) electrons. The van der Waals surface area contributed by atoms with Gasteiger partial charge in [-0.2, -0.15) is 0 Å². The van der Waals surface area contributed by atoms with E-state index < -0.39 is 5.54 Å². The first-order chi connectivity index (χ1) is 10.1. The topological polar surface area (TPSA) is 89.2 Å². The minimum atomic E-state index is -1.58. The molecule has 1 aliphatic heterocycles. The Morgan fingerprint density at radius 2 is 2.05 bits per heavy atom. The van der Waals surface area contributed by atoms with E-state index in [9.17, 15) is 14.9 Å². The molecule has 7 heteroatoms. The van der Waals surface area contributed by atoms with E-state index in [4.69, 9.17) is 0 Å². The Morgan fingerprint density at radius 3 is 2.71 bits per heavy atom. The summed E-state index contributed by atoms with van der Waals surface area (Å²) in [5.74, 6) is -0.105. The molecule has 0 saturated heterocycles. The van der Waals surface area contributed by atoms with Crippen LogP contribution in [0.3, 0.4) is 0 Å². The number of nitrogens with zero attached hydrogens (tertiary/aromatic N) is 4. The van der Waals surface area contributed by atoms with Gasteiger partial charge in [0.2, 0.25) is 5.91 Å². The van der Waals surface area contributed by atoms with Gasteiger partial charge in [0, 0.05) is 30.8 Å². The number of hydrogen-bond acceptors (Lipinski definition) is 5. The van der Waals surface area contributed by atoms with Crippen molar-refractivity contribution in [3.8, 4) is 0 Å². The molecule has 0 saturated carbocycles. The van der Waals surface area contributed by atoms with E-state index in [0.29, 0.717) is 30.5 Å². The lowest BCUT2D eigenvalue weighted by molar-refractivity contribution is -0.555. The Morgan fingerprint density at radius 1 is 1.33 bits per heavy atom. The maximum absolute atomic E-state index is 12.0. The highest BCUT2D eigenvalue weighted by molar-refractivity contribution is 5.80. The Kier molecular flexibility index (Phi) is 3.04. The van der Waals surface area contributed by atoms with Crippen molar-refractivity contribution in [3.05, 3.63) is 57.8 Å². The molecule has 3 rings (SSSR count). The third kappa shape index (κ3) is 1.84. The average molecular weight is 286 g/mol. The number of amides is 1. The molecule has 0 aromatic carbocycles. The molecule has 0 fully saturated rings. The molecule has 7 nitrogen and oxygen atoms in total. The Bertz CT molecular complexity index is 668. The SMILES string of the molecule is CN1C(=O)CCC2=C1C(c1cncnc1)([N+](=O)[O-])C=CC2. The summed E-state index contributed by atoms with van der Waals surface area (Å²) in [5.41, 5.74) is 0.154. The van der Waals surface area contributed by atoms with E-state index in [2.05, 4.69) is 9.97 Å². The molecule has 108 valence electrons. The van der Waals surface area contributed by atoms with Gasteiger partial charge in [-0.25, -0.2) is 9.97 Å². The van der Waals surface area contributed by atoms with Gasteiger partial charge >= 0.3 is 5.54 Å². The van der Waals surface area contributed by atoms with E-state index in [1.165, 1.54) is 23.6 Å². The molecule has 0 bridgehead atoms. The first kappa shape index (κ1) is 13.4. The number of likely N-dealkylation sites (N-methyl/N-ethyl adjacent to an activating group) is 1. The van der Waals surface area contributed by atoms with Crippen molar-refractivity contribution in [3.63, 3.8) is 0 Å². The predicted octanol–water partition coefficient (Wildman–Crippen LogP) is 1.41. The number of allylic oxidation sites excluding steroid dienone is 2. The first-order valence-electron chi connectivity index (χ1n) is 6.64. The summed E-state index contributed by atoms with van der Waals surface area (Å²) in [5, 5.41) is 11.9. The fraction of sp³-hybridized carbons (Fsp3) is 0.357. The monoisotopic (exact) mass is 286 g/mol. The third-order valence-electron chi connectivity index (χ3n) is 4.06. The summed E-state index contributed by atoms with van der Waals surface area (Å²) in [7, 11) is 1.60. The largest absolute Gasteiger partial charge is 0.312 e. The minimum Gasteiger partial charge on any atom is -0.312 e. The number of rotatable bonds is 2. The number of carbonyl (C=O) groups is 1. The second kappa shape index (κ2) is 4.76. The summed E-state index contributed by atoms with van der Waals surface area (Å²) in [6.07, 6.45) is 9.11. The number of hydrogen-bond donors (Lipinski definition) is 0. The fourth-order valence-electron chi connectivity index (χ4n) is 3.06. The van der Waals surface area contributed by atoms with Crippen LogP contribution in [0.2, 0.25) is 0 Å². The van der Waals surface area contributed by atoms with Gasteiger partial charge in [0.25, 0.3) is 0 Å².